The summed E-state index contributed by atoms with van der Waals surface area (Å²) < 4.78 is 13.1. The fraction of sp³-hybridized carbons (Fsp3) is 0.0714. The summed E-state index contributed by atoms with van der Waals surface area (Å²) in [6, 6.07) is 13.6. The molecule has 0 bridgehead atoms. The Balaban J connectivity index is 2.36. The second-order valence-electron chi connectivity index (χ2n) is 3.74. The molecule has 2 nitrogen and oxygen atoms in total. The fourth-order valence-corrected chi connectivity index (χ4v) is 1.59. The second-order valence-corrected chi connectivity index (χ2v) is 3.74. The molecule has 0 aromatic heterocycles. The number of hydrogen-bond donors (Lipinski definition) is 1. The Morgan fingerprint density at radius 1 is 1.12 bits per heavy atom. The number of carbonyl (C=O) groups is 1. The number of carbonyl (C=O) groups excluding carboxylic acids is 1. The molecule has 86 valence electrons. The summed E-state index contributed by atoms with van der Waals surface area (Å²) in [7, 11) is 0. The van der Waals surface area contributed by atoms with Crippen molar-refractivity contribution in [2.24, 2.45) is 0 Å². The maximum absolute atomic E-state index is 13.1. The van der Waals surface area contributed by atoms with Gasteiger partial charge in [0.05, 0.1) is 0 Å². The summed E-state index contributed by atoms with van der Waals surface area (Å²) in [5.74, 6) is -0.572. The topological polar surface area (TPSA) is 29.1 Å². The van der Waals surface area contributed by atoms with Crippen molar-refractivity contribution in [3.63, 3.8) is 0 Å². The molecule has 0 radical (unpaired) electrons. The number of halogens is 1. The molecule has 0 heterocycles. The van der Waals surface area contributed by atoms with E-state index in [0.717, 1.165) is 5.69 Å². The summed E-state index contributed by atoms with van der Waals surface area (Å²) >= 11 is 0. The number of benzene rings is 2. The van der Waals surface area contributed by atoms with Crippen LogP contribution in [0.15, 0.2) is 48.5 Å². The predicted octanol–water partition coefficient (Wildman–Crippen LogP) is 3.77. The quantitative estimate of drug-likeness (QED) is 0.811. The van der Waals surface area contributed by atoms with Crippen LogP contribution in [-0.2, 0) is 0 Å². The molecule has 1 N–H and O–H groups in total. The summed E-state index contributed by atoms with van der Waals surface area (Å²) in [6.07, 6.45) is 0. The predicted molar refractivity (Wildman–Crippen MR) is 66.1 cm³/mol. The van der Waals surface area contributed by atoms with Crippen LogP contribution in [0.25, 0.3) is 0 Å². The van der Waals surface area contributed by atoms with Crippen LogP contribution in [0.1, 0.15) is 17.3 Å². The van der Waals surface area contributed by atoms with Crippen molar-refractivity contribution in [3.05, 3.63) is 59.9 Å². The van der Waals surface area contributed by atoms with Crippen molar-refractivity contribution >= 4 is 17.2 Å². The molecule has 2 aromatic carbocycles. The van der Waals surface area contributed by atoms with E-state index in [2.05, 4.69) is 5.32 Å². The molecule has 0 atom stereocenters. The Hall–Kier alpha value is -2.16. The van der Waals surface area contributed by atoms with Crippen molar-refractivity contribution in [3.8, 4) is 0 Å². The molecular weight excluding hydrogens is 217 g/mol. The molecule has 2 rings (SSSR count). The first-order chi connectivity index (χ1) is 8.16. The van der Waals surface area contributed by atoms with E-state index >= 15 is 0 Å². The van der Waals surface area contributed by atoms with Gasteiger partial charge in [-0.3, -0.25) is 4.79 Å². The smallest absolute Gasteiger partial charge is 0.161 e. The average Bonchev–Trinajstić information content (AvgIpc) is 2.32. The molecule has 0 unspecified atom stereocenters. The minimum absolute atomic E-state index is 0.164. The number of Topliss-reactive ketones (excluding diaryl/α,β-unsaturated/α-hetero) is 1. The summed E-state index contributed by atoms with van der Waals surface area (Å²) in [4.78, 5) is 11.4. The van der Waals surface area contributed by atoms with E-state index < -0.39 is 5.82 Å². The van der Waals surface area contributed by atoms with Crippen LogP contribution in [0.4, 0.5) is 15.8 Å². The van der Waals surface area contributed by atoms with E-state index in [1.165, 1.54) is 19.1 Å². The minimum Gasteiger partial charge on any atom is -0.355 e. The first-order valence-electron chi connectivity index (χ1n) is 5.29. The van der Waals surface area contributed by atoms with Crippen molar-refractivity contribution in [2.45, 2.75) is 6.92 Å². The highest BCUT2D eigenvalue weighted by atomic mass is 19.1. The summed E-state index contributed by atoms with van der Waals surface area (Å²) in [5.41, 5.74) is 1.83. The van der Waals surface area contributed by atoms with E-state index in [1.807, 2.05) is 30.3 Å². The molecule has 0 spiro atoms. The zero-order valence-electron chi connectivity index (χ0n) is 9.41. The first kappa shape index (κ1) is 11.3. The molecule has 2 aromatic rings. The van der Waals surface area contributed by atoms with Gasteiger partial charge in [0.25, 0.3) is 0 Å². The van der Waals surface area contributed by atoms with E-state index in [9.17, 15) is 9.18 Å². The van der Waals surface area contributed by atoms with Gasteiger partial charge in [0, 0.05) is 16.9 Å². The van der Waals surface area contributed by atoms with Crippen LogP contribution in [-0.4, -0.2) is 5.78 Å². The van der Waals surface area contributed by atoms with Gasteiger partial charge in [-0.2, -0.15) is 0 Å². The lowest BCUT2D eigenvalue weighted by Crippen LogP contribution is -2.01. The number of rotatable bonds is 3. The molecule has 17 heavy (non-hydrogen) atoms. The molecule has 0 fully saturated rings. The van der Waals surface area contributed by atoms with E-state index in [0.29, 0.717) is 11.3 Å². The van der Waals surface area contributed by atoms with Crippen LogP contribution in [0, 0.1) is 5.82 Å². The average molecular weight is 229 g/mol. The van der Waals surface area contributed by atoms with Crippen LogP contribution in [0.2, 0.25) is 0 Å². The van der Waals surface area contributed by atoms with Crippen LogP contribution >= 0.6 is 0 Å². The van der Waals surface area contributed by atoms with Gasteiger partial charge >= 0.3 is 0 Å². The highest BCUT2D eigenvalue weighted by Gasteiger charge is 2.08. The van der Waals surface area contributed by atoms with Crippen molar-refractivity contribution in [1.82, 2.24) is 0 Å². The Bertz CT molecular complexity index is 537. The monoisotopic (exact) mass is 229 g/mol. The number of anilines is 2. The van der Waals surface area contributed by atoms with Gasteiger partial charge in [0.15, 0.2) is 5.78 Å². The van der Waals surface area contributed by atoms with E-state index in [-0.39, 0.29) is 5.78 Å². The maximum Gasteiger partial charge on any atom is 0.161 e. The lowest BCUT2D eigenvalue weighted by Gasteiger charge is -2.10. The third-order valence-corrected chi connectivity index (χ3v) is 2.41. The highest BCUT2D eigenvalue weighted by molar-refractivity contribution is 6.00. The van der Waals surface area contributed by atoms with Gasteiger partial charge in [-0.15, -0.1) is 0 Å². The standard InChI is InChI=1S/C14H12FNO/c1-10(17)13-9-11(15)7-8-14(13)16-12-5-3-2-4-6-12/h2-9,16H,1H3. The SMILES string of the molecule is CC(=O)c1cc(F)ccc1Nc1ccccc1. The van der Waals surface area contributed by atoms with Gasteiger partial charge in [-0.1, -0.05) is 18.2 Å². The van der Waals surface area contributed by atoms with Gasteiger partial charge in [-0.05, 0) is 37.3 Å². The third kappa shape index (κ3) is 2.69. The minimum atomic E-state index is -0.409. The van der Waals surface area contributed by atoms with Crippen molar-refractivity contribution in [1.29, 1.82) is 0 Å². The van der Waals surface area contributed by atoms with Crippen LogP contribution < -0.4 is 5.32 Å². The molecule has 0 amide bonds. The lowest BCUT2D eigenvalue weighted by molar-refractivity contribution is 0.101. The van der Waals surface area contributed by atoms with E-state index in [4.69, 9.17) is 0 Å². The summed E-state index contributed by atoms with van der Waals surface area (Å²) in [5, 5.41) is 3.09. The molecule has 0 aliphatic carbocycles. The number of hydrogen-bond acceptors (Lipinski definition) is 2. The molecule has 0 saturated heterocycles. The number of para-hydroxylation sites is 1. The largest absolute Gasteiger partial charge is 0.355 e. The van der Waals surface area contributed by atoms with E-state index in [1.54, 1.807) is 6.07 Å². The van der Waals surface area contributed by atoms with Gasteiger partial charge < -0.3 is 5.32 Å². The molecule has 0 saturated carbocycles. The van der Waals surface area contributed by atoms with Crippen LogP contribution in [0.5, 0.6) is 0 Å². The van der Waals surface area contributed by atoms with Gasteiger partial charge in [0.1, 0.15) is 5.82 Å². The zero-order valence-corrected chi connectivity index (χ0v) is 9.41. The molecule has 3 heteroatoms. The van der Waals surface area contributed by atoms with Crippen molar-refractivity contribution < 1.29 is 9.18 Å². The van der Waals surface area contributed by atoms with Gasteiger partial charge in [0.2, 0.25) is 0 Å². The van der Waals surface area contributed by atoms with Gasteiger partial charge in [-0.25, -0.2) is 4.39 Å². The fourth-order valence-electron chi connectivity index (χ4n) is 1.59. The van der Waals surface area contributed by atoms with Crippen LogP contribution in [0.3, 0.4) is 0 Å². The number of nitrogens with one attached hydrogen (secondary N) is 1. The maximum atomic E-state index is 13.1. The Morgan fingerprint density at radius 2 is 1.82 bits per heavy atom. The Morgan fingerprint density at radius 3 is 2.47 bits per heavy atom. The Labute approximate surface area is 99.1 Å². The Kier molecular flexibility index (Phi) is 3.19. The first-order valence-corrected chi connectivity index (χ1v) is 5.29. The zero-order chi connectivity index (χ0) is 12.3. The number of ketones is 1. The third-order valence-electron chi connectivity index (χ3n) is 2.41. The highest BCUT2D eigenvalue weighted by Crippen LogP contribution is 2.22. The normalized spacial score (nSPS) is 10.0. The summed E-state index contributed by atoms with van der Waals surface area (Å²) in [6.45, 7) is 1.42. The molecule has 0 aliphatic rings. The lowest BCUT2D eigenvalue weighted by atomic mass is 10.1. The second kappa shape index (κ2) is 4.78. The molecule has 0 aliphatic heterocycles. The van der Waals surface area contributed by atoms with Crippen molar-refractivity contribution in [2.75, 3.05) is 5.32 Å². The molecular formula is C14H12FNO.